The summed E-state index contributed by atoms with van der Waals surface area (Å²) in [6.45, 7) is 0. The average molecular weight is 732 g/mol. The second-order valence-corrected chi connectivity index (χ2v) is 14.5. The highest BCUT2D eigenvalue weighted by molar-refractivity contribution is 6.09. The molecule has 0 aliphatic rings. The van der Waals surface area contributed by atoms with E-state index in [1.165, 1.54) is 0 Å². The molecule has 0 atom stereocenters. The molecule has 0 spiro atoms. The van der Waals surface area contributed by atoms with Gasteiger partial charge in [0.1, 0.15) is 0 Å². The van der Waals surface area contributed by atoms with Crippen LogP contribution in [0.5, 0.6) is 0 Å². The van der Waals surface area contributed by atoms with Gasteiger partial charge in [-0.1, -0.05) is 103 Å². The number of para-hydroxylation sites is 3. The molecule has 11 rings (SSSR count). The van der Waals surface area contributed by atoms with Crippen molar-refractivity contribution in [3.05, 3.63) is 221 Å². The van der Waals surface area contributed by atoms with Crippen LogP contribution in [0.1, 0.15) is 0 Å². The molecular weight excluding hydrogens is 699 g/mol. The Morgan fingerprint density at radius 1 is 0.298 bits per heavy atom. The minimum absolute atomic E-state index is 0.106. The van der Waals surface area contributed by atoms with Gasteiger partial charge >= 0.3 is 0 Å². The van der Waals surface area contributed by atoms with Crippen LogP contribution in [0, 0.1) is 0 Å². The highest BCUT2D eigenvalue weighted by Crippen LogP contribution is 2.40. The van der Waals surface area contributed by atoms with E-state index in [9.17, 15) is 9.59 Å². The Kier molecular flexibility index (Phi) is 7.41. The highest BCUT2D eigenvalue weighted by Gasteiger charge is 2.21. The summed E-state index contributed by atoms with van der Waals surface area (Å²) in [4.78, 5) is 33.5. The van der Waals surface area contributed by atoms with Crippen LogP contribution in [0.25, 0.3) is 59.6 Å². The lowest BCUT2D eigenvalue weighted by atomic mass is 10.0. The van der Waals surface area contributed by atoms with Gasteiger partial charge in [0.05, 0.1) is 16.6 Å². The van der Waals surface area contributed by atoms with E-state index in [2.05, 4.69) is 123 Å². The molecule has 0 unspecified atom stereocenters. The largest absolute Gasteiger partial charge is 0.310 e. The number of nitrogens with zero attached hydrogens (tertiary/aromatic N) is 3. The van der Waals surface area contributed by atoms with E-state index >= 15 is 0 Å². The summed E-state index contributed by atoms with van der Waals surface area (Å²) in [6, 6.07) is 67.7. The SMILES string of the molecule is O=c1c2cc(N(c3ccccc3)c3ccc4ccccc4c3)ccc2n2c3ccc(N(c4ccccc4)c4ccc5ccccc5c4)cc3c(=O)c3cccc1c32. The molecule has 0 aliphatic heterocycles. The van der Waals surface area contributed by atoms with Crippen molar-refractivity contribution in [3.63, 3.8) is 0 Å². The van der Waals surface area contributed by atoms with Crippen molar-refractivity contribution in [1.29, 1.82) is 0 Å². The topological polar surface area (TPSA) is 45.0 Å². The maximum Gasteiger partial charge on any atom is 0.197 e. The fourth-order valence-electron chi connectivity index (χ4n) is 8.57. The highest BCUT2D eigenvalue weighted by atomic mass is 16.1. The quantitative estimate of drug-likeness (QED) is 0.126. The molecule has 0 bridgehead atoms. The molecule has 268 valence electrons. The van der Waals surface area contributed by atoms with Crippen LogP contribution in [0.2, 0.25) is 0 Å². The summed E-state index contributed by atoms with van der Waals surface area (Å²) >= 11 is 0. The van der Waals surface area contributed by atoms with Crippen molar-refractivity contribution in [1.82, 2.24) is 4.40 Å². The first-order valence-electron chi connectivity index (χ1n) is 19.1. The molecule has 9 aromatic carbocycles. The van der Waals surface area contributed by atoms with E-state index < -0.39 is 0 Å². The van der Waals surface area contributed by atoms with E-state index in [1.807, 2.05) is 91.0 Å². The molecule has 0 radical (unpaired) electrons. The van der Waals surface area contributed by atoms with Crippen molar-refractivity contribution < 1.29 is 0 Å². The Bertz CT molecular complexity index is 3250. The molecule has 0 fully saturated rings. The number of rotatable bonds is 6. The van der Waals surface area contributed by atoms with Gasteiger partial charge in [-0.2, -0.15) is 0 Å². The third kappa shape index (κ3) is 5.24. The molecule has 57 heavy (non-hydrogen) atoms. The van der Waals surface area contributed by atoms with E-state index in [0.717, 1.165) is 66.7 Å². The van der Waals surface area contributed by atoms with Crippen LogP contribution in [0.3, 0.4) is 0 Å². The average Bonchev–Trinajstić information content (AvgIpc) is 3.27. The molecule has 5 nitrogen and oxygen atoms in total. The standard InChI is InChI=1S/C52H33N3O2/c56-51-44-20-11-21-45-50(44)55(48-28-26-42(32-46(48)51)53(38-16-3-1-4-17-38)40-24-22-34-12-7-9-14-36(34)30-40)49-29-27-43(33-47(49)52(45)57)54(39-18-5-2-6-19-39)41-25-23-35-13-8-10-15-37(35)31-41/h1-33H. The molecule has 11 aromatic rings. The number of hydrogen-bond donors (Lipinski definition) is 0. The van der Waals surface area contributed by atoms with Crippen LogP contribution in [-0.4, -0.2) is 4.40 Å². The van der Waals surface area contributed by atoms with Crippen molar-refractivity contribution in [2.24, 2.45) is 0 Å². The first kappa shape index (κ1) is 32.7. The van der Waals surface area contributed by atoms with E-state index in [1.54, 1.807) is 0 Å². The number of benzene rings is 9. The molecule has 0 N–H and O–H groups in total. The van der Waals surface area contributed by atoms with E-state index in [0.29, 0.717) is 27.1 Å². The Morgan fingerprint density at radius 3 is 1.14 bits per heavy atom. The Morgan fingerprint density at radius 2 is 0.684 bits per heavy atom. The first-order chi connectivity index (χ1) is 28.1. The predicted octanol–water partition coefficient (Wildman–Crippen LogP) is 12.8. The van der Waals surface area contributed by atoms with Gasteiger partial charge < -0.3 is 14.2 Å². The monoisotopic (exact) mass is 731 g/mol. The minimum atomic E-state index is -0.106. The molecular formula is C52H33N3O2. The maximum atomic E-state index is 14.6. The molecule has 0 saturated carbocycles. The van der Waals surface area contributed by atoms with Gasteiger partial charge in [0.15, 0.2) is 10.9 Å². The zero-order valence-electron chi connectivity index (χ0n) is 30.7. The van der Waals surface area contributed by atoms with Gasteiger partial charge in [-0.15, -0.1) is 0 Å². The summed E-state index contributed by atoms with van der Waals surface area (Å²) in [5, 5.41) is 6.76. The Hall–Kier alpha value is -7.76. The van der Waals surface area contributed by atoms with Crippen molar-refractivity contribution in [2.75, 3.05) is 9.80 Å². The van der Waals surface area contributed by atoms with Gasteiger partial charge in [-0.25, -0.2) is 0 Å². The molecule has 2 heterocycles. The van der Waals surface area contributed by atoms with Crippen LogP contribution in [0.4, 0.5) is 34.1 Å². The summed E-state index contributed by atoms with van der Waals surface area (Å²) in [7, 11) is 0. The van der Waals surface area contributed by atoms with Crippen LogP contribution >= 0.6 is 0 Å². The maximum absolute atomic E-state index is 14.6. The fourth-order valence-corrected chi connectivity index (χ4v) is 8.57. The van der Waals surface area contributed by atoms with Crippen molar-refractivity contribution in [3.8, 4) is 0 Å². The number of fused-ring (bicyclic) bond motifs is 6. The molecule has 0 aliphatic carbocycles. The first-order valence-corrected chi connectivity index (χ1v) is 19.1. The number of hydrogen-bond acceptors (Lipinski definition) is 4. The second kappa shape index (κ2) is 12.9. The van der Waals surface area contributed by atoms with Gasteiger partial charge in [0, 0.05) is 55.7 Å². The number of anilines is 6. The smallest absolute Gasteiger partial charge is 0.197 e. The van der Waals surface area contributed by atoms with Crippen LogP contribution in [0.15, 0.2) is 210 Å². The second-order valence-electron chi connectivity index (χ2n) is 14.5. The lowest BCUT2D eigenvalue weighted by molar-refractivity contribution is 1.27. The third-order valence-electron chi connectivity index (χ3n) is 11.2. The number of pyridine rings is 2. The Balaban J connectivity index is 1.15. The molecule has 0 amide bonds. The summed E-state index contributed by atoms with van der Waals surface area (Å²) in [5.41, 5.74) is 7.57. The summed E-state index contributed by atoms with van der Waals surface area (Å²) < 4.78 is 2.11. The normalized spacial score (nSPS) is 11.6. The third-order valence-corrected chi connectivity index (χ3v) is 11.2. The minimum Gasteiger partial charge on any atom is -0.310 e. The van der Waals surface area contributed by atoms with E-state index in [4.69, 9.17) is 0 Å². The number of aromatic nitrogens is 1. The lowest BCUT2D eigenvalue weighted by Gasteiger charge is -2.27. The van der Waals surface area contributed by atoms with Crippen LogP contribution < -0.4 is 20.7 Å². The van der Waals surface area contributed by atoms with Gasteiger partial charge in [0.25, 0.3) is 0 Å². The van der Waals surface area contributed by atoms with Gasteiger partial charge in [-0.3, -0.25) is 9.59 Å². The van der Waals surface area contributed by atoms with Crippen molar-refractivity contribution >= 4 is 93.8 Å². The van der Waals surface area contributed by atoms with Crippen LogP contribution in [-0.2, 0) is 0 Å². The molecule has 5 heteroatoms. The fraction of sp³-hybridized carbons (Fsp3) is 0. The zero-order valence-corrected chi connectivity index (χ0v) is 30.7. The molecule has 0 saturated heterocycles. The van der Waals surface area contributed by atoms with E-state index in [-0.39, 0.29) is 10.9 Å². The summed E-state index contributed by atoms with van der Waals surface area (Å²) in [5.74, 6) is 0. The van der Waals surface area contributed by atoms with Crippen molar-refractivity contribution in [2.45, 2.75) is 0 Å². The predicted molar refractivity (Wildman–Crippen MR) is 238 cm³/mol. The lowest BCUT2D eigenvalue weighted by Crippen LogP contribution is -2.16. The summed E-state index contributed by atoms with van der Waals surface area (Å²) in [6.07, 6.45) is 0. The van der Waals surface area contributed by atoms with Gasteiger partial charge in [0.2, 0.25) is 0 Å². The molecule has 2 aromatic heterocycles. The Labute approximate surface area is 327 Å². The van der Waals surface area contributed by atoms with Gasteiger partial charge in [-0.05, 0) is 119 Å². The zero-order chi connectivity index (χ0) is 38.0.